The molecule has 2 nitrogen and oxygen atoms in total. The predicted octanol–water partition coefficient (Wildman–Crippen LogP) is 4.24. The number of unbranched alkanes of at least 4 members (excludes halogenated alkanes) is 2. The zero-order chi connectivity index (χ0) is 14.8. The number of rotatable bonds is 5. The van der Waals surface area contributed by atoms with Crippen LogP contribution in [0.5, 0.6) is 0 Å². The SMILES string of the molecule is CCCCC#Cc1ncccc1C=NCc1ccccc1. The van der Waals surface area contributed by atoms with Gasteiger partial charge in [0.15, 0.2) is 0 Å². The lowest BCUT2D eigenvalue weighted by Crippen LogP contribution is -1.92. The molecule has 0 bridgehead atoms. The second-order valence-corrected chi connectivity index (χ2v) is 4.80. The monoisotopic (exact) mass is 276 g/mol. The van der Waals surface area contributed by atoms with Crippen LogP contribution in [0.1, 0.15) is 43.0 Å². The van der Waals surface area contributed by atoms with Crippen molar-refractivity contribution in [2.45, 2.75) is 32.7 Å². The Bertz CT molecular complexity index is 633. The maximum absolute atomic E-state index is 4.48. The lowest BCUT2D eigenvalue weighted by molar-refractivity contribution is 0.828. The van der Waals surface area contributed by atoms with Gasteiger partial charge >= 0.3 is 0 Å². The first-order chi connectivity index (χ1) is 10.4. The van der Waals surface area contributed by atoms with Crippen molar-refractivity contribution in [1.29, 1.82) is 0 Å². The predicted molar refractivity (Wildman–Crippen MR) is 88.4 cm³/mol. The lowest BCUT2D eigenvalue weighted by atomic mass is 10.2. The Morgan fingerprint density at radius 3 is 2.81 bits per heavy atom. The second-order valence-electron chi connectivity index (χ2n) is 4.80. The van der Waals surface area contributed by atoms with Crippen LogP contribution >= 0.6 is 0 Å². The molecule has 0 unspecified atom stereocenters. The second kappa shape index (κ2) is 8.71. The normalized spacial score (nSPS) is 10.3. The maximum Gasteiger partial charge on any atom is 0.121 e. The molecular weight excluding hydrogens is 256 g/mol. The number of hydrogen-bond donors (Lipinski definition) is 0. The first kappa shape index (κ1) is 15.0. The van der Waals surface area contributed by atoms with Crippen LogP contribution in [-0.4, -0.2) is 11.2 Å². The first-order valence-electron chi connectivity index (χ1n) is 7.38. The van der Waals surface area contributed by atoms with E-state index in [1.807, 2.05) is 36.5 Å². The zero-order valence-corrected chi connectivity index (χ0v) is 12.4. The summed E-state index contributed by atoms with van der Waals surface area (Å²) >= 11 is 0. The van der Waals surface area contributed by atoms with Crippen LogP contribution in [0.15, 0.2) is 53.7 Å². The molecule has 0 radical (unpaired) electrons. The Balaban J connectivity index is 2.03. The van der Waals surface area contributed by atoms with Crippen molar-refractivity contribution in [1.82, 2.24) is 4.98 Å². The van der Waals surface area contributed by atoms with Gasteiger partial charge in [0.1, 0.15) is 5.69 Å². The molecule has 106 valence electrons. The molecule has 0 saturated carbocycles. The van der Waals surface area contributed by atoms with Crippen molar-refractivity contribution >= 4 is 6.21 Å². The summed E-state index contributed by atoms with van der Waals surface area (Å²) in [4.78, 5) is 8.82. The van der Waals surface area contributed by atoms with E-state index in [-0.39, 0.29) is 0 Å². The van der Waals surface area contributed by atoms with Gasteiger partial charge in [-0.1, -0.05) is 49.6 Å². The minimum atomic E-state index is 0.679. The fraction of sp³-hybridized carbons (Fsp3) is 0.263. The molecule has 2 heteroatoms. The maximum atomic E-state index is 4.48. The molecule has 0 amide bonds. The molecule has 0 fully saturated rings. The van der Waals surface area contributed by atoms with E-state index in [2.05, 4.69) is 40.9 Å². The summed E-state index contributed by atoms with van der Waals surface area (Å²) in [5.41, 5.74) is 3.00. The summed E-state index contributed by atoms with van der Waals surface area (Å²) in [6.07, 6.45) is 6.87. The van der Waals surface area contributed by atoms with E-state index in [0.29, 0.717) is 6.54 Å². The highest BCUT2D eigenvalue weighted by molar-refractivity contribution is 5.82. The summed E-state index contributed by atoms with van der Waals surface area (Å²) in [6.45, 7) is 2.85. The molecule has 0 aliphatic heterocycles. The Morgan fingerprint density at radius 1 is 1.14 bits per heavy atom. The molecule has 2 rings (SSSR count). The number of aromatic nitrogens is 1. The van der Waals surface area contributed by atoms with Crippen LogP contribution in [0.2, 0.25) is 0 Å². The number of nitrogens with zero attached hydrogens (tertiary/aromatic N) is 2. The molecule has 1 heterocycles. The number of hydrogen-bond acceptors (Lipinski definition) is 2. The van der Waals surface area contributed by atoms with Crippen LogP contribution in [0, 0.1) is 11.8 Å². The third-order valence-electron chi connectivity index (χ3n) is 3.05. The van der Waals surface area contributed by atoms with E-state index in [4.69, 9.17) is 0 Å². The van der Waals surface area contributed by atoms with Gasteiger partial charge in [0.2, 0.25) is 0 Å². The van der Waals surface area contributed by atoms with Gasteiger partial charge in [0.05, 0.1) is 6.54 Å². The summed E-state index contributed by atoms with van der Waals surface area (Å²) in [7, 11) is 0. The van der Waals surface area contributed by atoms with Crippen molar-refractivity contribution in [3.05, 3.63) is 65.5 Å². The van der Waals surface area contributed by atoms with E-state index in [1.54, 1.807) is 6.20 Å². The fourth-order valence-electron chi connectivity index (χ4n) is 1.87. The van der Waals surface area contributed by atoms with Gasteiger partial charge in [-0.3, -0.25) is 4.99 Å². The van der Waals surface area contributed by atoms with Crippen molar-refractivity contribution in [2.24, 2.45) is 4.99 Å². The van der Waals surface area contributed by atoms with Gasteiger partial charge in [0.25, 0.3) is 0 Å². The third-order valence-corrected chi connectivity index (χ3v) is 3.05. The Labute approximate surface area is 127 Å². The van der Waals surface area contributed by atoms with Gasteiger partial charge in [-0.25, -0.2) is 4.98 Å². The first-order valence-corrected chi connectivity index (χ1v) is 7.38. The summed E-state index contributed by atoms with van der Waals surface area (Å²) in [5.74, 6) is 6.32. The minimum absolute atomic E-state index is 0.679. The fourth-order valence-corrected chi connectivity index (χ4v) is 1.87. The molecule has 0 aliphatic carbocycles. The van der Waals surface area contributed by atoms with E-state index in [1.165, 1.54) is 12.0 Å². The topological polar surface area (TPSA) is 25.2 Å². The molecule has 0 atom stereocenters. The van der Waals surface area contributed by atoms with Crippen LogP contribution in [0.3, 0.4) is 0 Å². The molecule has 2 aromatic rings. The van der Waals surface area contributed by atoms with Crippen molar-refractivity contribution < 1.29 is 0 Å². The van der Waals surface area contributed by atoms with Gasteiger partial charge in [-0.05, 0) is 30.0 Å². The van der Waals surface area contributed by atoms with Crippen molar-refractivity contribution in [2.75, 3.05) is 0 Å². The number of benzene rings is 1. The minimum Gasteiger partial charge on any atom is -0.288 e. The average molecular weight is 276 g/mol. The highest BCUT2D eigenvalue weighted by Crippen LogP contribution is 2.04. The van der Waals surface area contributed by atoms with Gasteiger partial charge in [-0.2, -0.15) is 0 Å². The smallest absolute Gasteiger partial charge is 0.121 e. The molecule has 0 aliphatic rings. The van der Waals surface area contributed by atoms with Crippen molar-refractivity contribution in [3.63, 3.8) is 0 Å². The molecule has 1 aromatic carbocycles. The molecule has 1 aromatic heterocycles. The van der Waals surface area contributed by atoms with Crippen LogP contribution in [0.25, 0.3) is 0 Å². The molecular formula is C19H20N2. The summed E-state index contributed by atoms with van der Waals surface area (Å²) in [5, 5.41) is 0. The Kier molecular flexibility index (Phi) is 6.22. The third kappa shape index (κ3) is 5.24. The molecule has 21 heavy (non-hydrogen) atoms. The van der Waals surface area contributed by atoms with Crippen LogP contribution in [-0.2, 0) is 6.54 Å². The standard InChI is InChI=1S/C19H20N2/c1-2-3-4-8-13-19-18(12-9-14-21-19)16-20-15-17-10-6-5-7-11-17/h5-7,9-12,14,16H,2-4,15H2,1H3. The van der Waals surface area contributed by atoms with Gasteiger partial charge < -0.3 is 0 Å². The number of aliphatic imine (C=N–C) groups is 1. The van der Waals surface area contributed by atoms with E-state index in [0.717, 1.165) is 24.1 Å². The van der Waals surface area contributed by atoms with E-state index in [9.17, 15) is 0 Å². The number of pyridine rings is 1. The van der Waals surface area contributed by atoms with Gasteiger partial charge in [0, 0.05) is 24.4 Å². The Morgan fingerprint density at radius 2 is 2.00 bits per heavy atom. The average Bonchev–Trinajstić information content (AvgIpc) is 2.54. The van der Waals surface area contributed by atoms with Gasteiger partial charge in [-0.15, -0.1) is 0 Å². The van der Waals surface area contributed by atoms with Crippen LogP contribution < -0.4 is 0 Å². The largest absolute Gasteiger partial charge is 0.288 e. The quantitative estimate of drug-likeness (QED) is 0.455. The van der Waals surface area contributed by atoms with Crippen LogP contribution in [0.4, 0.5) is 0 Å². The Hall–Kier alpha value is -2.40. The highest BCUT2D eigenvalue weighted by Gasteiger charge is 1.96. The van der Waals surface area contributed by atoms with Crippen molar-refractivity contribution in [3.8, 4) is 11.8 Å². The van der Waals surface area contributed by atoms with E-state index >= 15 is 0 Å². The summed E-state index contributed by atoms with van der Waals surface area (Å²) < 4.78 is 0. The molecule has 0 saturated heterocycles. The molecule has 0 spiro atoms. The lowest BCUT2D eigenvalue weighted by Gasteiger charge is -1.98. The van der Waals surface area contributed by atoms with E-state index < -0.39 is 0 Å². The zero-order valence-electron chi connectivity index (χ0n) is 12.4. The highest BCUT2D eigenvalue weighted by atomic mass is 14.7. The summed E-state index contributed by atoms with van der Waals surface area (Å²) in [6, 6.07) is 14.1. The molecule has 0 N–H and O–H groups in total.